The molecule has 0 saturated heterocycles. The quantitative estimate of drug-likeness (QED) is 0.834. The van der Waals surface area contributed by atoms with Gasteiger partial charge in [-0.25, -0.2) is 0 Å². The third kappa shape index (κ3) is 4.43. The molecule has 0 radical (unpaired) electrons. The van der Waals surface area contributed by atoms with Crippen molar-refractivity contribution in [3.63, 3.8) is 0 Å². The Morgan fingerprint density at radius 1 is 1.38 bits per heavy atom. The van der Waals surface area contributed by atoms with E-state index in [1.165, 1.54) is 12.1 Å². The molecule has 0 bridgehead atoms. The average Bonchev–Trinajstić information content (AvgIpc) is 2.48. The first-order valence-corrected chi connectivity index (χ1v) is 7.88. The summed E-state index contributed by atoms with van der Waals surface area (Å²) < 4.78 is 29.3. The van der Waals surface area contributed by atoms with Gasteiger partial charge in [0, 0.05) is 5.56 Å². The fourth-order valence-corrected chi connectivity index (χ4v) is 3.28. The maximum absolute atomic E-state index is 12.4. The summed E-state index contributed by atoms with van der Waals surface area (Å²) in [6.45, 7) is -1.24. The van der Waals surface area contributed by atoms with E-state index in [9.17, 15) is 23.5 Å². The normalized spacial score (nSPS) is 23.8. The summed E-state index contributed by atoms with van der Waals surface area (Å²) in [7, 11) is 0. The Bertz CT molecular complexity index is 608. The first-order valence-electron chi connectivity index (χ1n) is 7.88. The van der Waals surface area contributed by atoms with Crippen LogP contribution in [0.1, 0.15) is 38.2 Å². The van der Waals surface area contributed by atoms with Crippen LogP contribution in [0.25, 0.3) is 0 Å². The molecule has 0 heterocycles. The lowest BCUT2D eigenvalue weighted by Crippen LogP contribution is -2.55. The van der Waals surface area contributed by atoms with Gasteiger partial charge in [0.15, 0.2) is 0 Å². The number of hydrogen-bond acceptors (Lipinski definition) is 3. The van der Waals surface area contributed by atoms with Crippen LogP contribution in [0, 0.1) is 5.92 Å². The molecule has 7 heteroatoms. The lowest BCUT2D eigenvalue weighted by Gasteiger charge is -2.39. The van der Waals surface area contributed by atoms with Crippen LogP contribution in [0.2, 0.25) is 0 Å². The first-order chi connectivity index (χ1) is 11.3. The molecule has 0 aromatic heterocycles. The Morgan fingerprint density at radius 2 is 2.08 bits per heavy atom. The van der Waals surface area contributed by atoms with Crippen molar-refractivity contribution in [2.75, 3.05) is 0 Å². The topological polar surface area (TPSA) is 75.6 Å². The molecule has 1 aromatic carbocycles. The smallest absolute Gasteiger partial charge is 0.387 e. The Kier molecular flexibility index (Phi) is 5.75. The summed E-state index contributed by atoms with van der Waals surface area (Å²) in [6.07, 6.45) is 2.59. The molecule has 5 nitrogen and oxygen atoms in total. The van der Waals surface area contributed by atoms with Crippen LogP contribution in [0.3, 0.4) is 0 Å². The Hall–Kier alpha value is -2.18. The zero-order valence-corrected chi connectivity index (χ0v) is 13.4. The highest BCUT2D eigenvalue weighted by atomic mass is 19.3. The SMILES string of the molecule is CC1(NC(=O)Cc2ccccc2OC(F)F)CCCCC1C(=O)O. The maximum atomic E-state index is 12.4. The summed E-state index contributed by atoms with van der Waals surface area (Å²) in [6, 6.07) is 6.08. The molecule has 2 unspecified atom stereocenters. The summed E-state index contributed by atoms with van der Waals surface area (Å²) in [5, 5.41) is 12.2. The highest BCUT2D eigenvalue weighted by molar-refractivity contribution is 5.81. The summed E-state index contributed by atoms with van der Waals surface area (Å²) >= 11 is 0. The van der Waals surface area contributed by atoms with E-state index in [-0.39, 0.29) is 12.2 Å². The minimum atomic E-state index is -2.97. The number of rotatable bonds is 6. The van der Waals surface area contributed by atoms with Gasteiger partial charge in [0.1, 0.15) is 5.75 Å². The minimum Gasteiger partial charge on any atom is -0.481 e. The van der Waals surface area contributed by atoms with E-state index in [0.717, 1.165) is 12.8 Å². The number of nitrogens with one attached hydrogen (secondary N) is 1. The van der Waals surface area contributed by atoms with E-state index in [2.05, 4.69) is 10.1 Å². The number of halogens is 2. The predicted molar refractivity (Wildman–Crippen MR) is 82.9 cm³/mol. The number of para-hydroxylation sites is 1. The van der Waals surface area contributed by atoms with Crippen LogP contribution < -0.4 is 10.1 Å². The van der Waals surface area contributed by atoms with Crippen LogP contribution in [-0.2, 0) is 16.0 Å². The number of ether oxygens (including phenoxy) is 1. The second-order valence-electron chi connectivity index (χ2n) is 6.27. The van der Waals surface area contributed by atoms with Crippen molar-refractivity contribution in [1.82, 2.24) is 5.32 Å². The summed E-state index contributed by atoms with van der Waals surface area (Å²) in [4.78, 5) is 23.8. The van der Waals surface area contributed by atoms with Gasteiger partial charge < -0.3 is 15.2 Å². The zero-order valence-electron chi connectivity index (χ0n) is 13.4. The number of aliphatic carboxylic acids is 1. The van der Waals surface area contributed by atoms with Crippen molar-refractivity contribution in [3.05, 3.63) is 29.8 Å². The number of hydrogen-bond donors (Lipinski definition) is 2. The molecule has 1 amide bonds. The van der Waals surface area contributed by atoms with Gasteiger partial charge >= 0.3 is 12.6 Å². The van der Waals surface area contributed by atoms with Crippen molar-refractivity contribution in [3.8, 4) is 5.75 Å². The van der Waals surface area contributed by atoms with Gasteiger partial charge in [-0.15, -0.1) is 0 Å². The highest BCUT2D eigenvalue weighted by Crippen LogP contribution is 2.34. The second-order valence-corrected chi connectivity index (χ2v) is 6.27. The monoisotopic (exact) mass is 341 g/mol. The molecule has 0 spiro atoms. The molecule has 1 aliphatic rings. The maximum Gasteiger partial charge on any atom is 0.387 e. The van der Waals surface area contributed by atoms with Crippen molar-refractivity contribution >= 4 is 11.9 Å². The van der Waals surface area contributed by atoms with Crippen LogP contribution in [0.5, 0.6) is 5.75 Å². The molecule has 1 fully saturated rings. The van der Waals surface area contributed by atoms with Crippen LogP contribution >= 0.6 is 0 Å². The van der Waals surface area contributed by atoms with Gasteiger partial charge in [-0.1, -0.05) is 31.0 Å². The highest BCUT2D eigenvalue weighted by Gasteiger charge is 2.42. The van der Waals surface area contributed by atoms with Gasteiger partial charge in [-0.05, 0) is 25.8 Å². The number of amides is 1. The van der Waals surface area contributed by atoms with Crippen molar-refractivity contribution in [2.24, 2.45) is 5.92 Å². The molecule has 2 N–H and O–H groups in total. The molecular formula is C17H21F2NO4. The standard InChI is InChI=1S/C17H21F2NO4/c1-17(9-5-4-7-12(17)15(22)23)20-14(21)10-11-6-2-3-8-13(11)24-16(18)19/h2-3,6,8,12,16H,4-5,7,9-10H2,1H3,(H,20,21)(H,22,23). The van der Waals surface area contributed by atoms with Gasteiger partial charge in [-0.2, -0.15) is 8.78 Å². The molecule has 132 valence electrons. The van der Waals surface area contributed by atoms with Crippen molar-refractivity contribution in [2.45, 2.75) is 51.2 Å². The third-order valence-electron chi connectivity index (χ3n) is 4.47. The Balaban J connectivity index is 2.09. The van der Waals surface area contributed by atoms with Crippen LogP contribution in [0.4, 0.5) is 8.78 Å². The summed E-state index contributed by atoms with van der Waals surface area (Å²) in [5.74, 6) is -2.04. The van der Waals surface area contributed by atoms with E-state index in [4.69, 9.17) is 0 Å². The number of alkyl halides is 2. The molecular weight excluding hydrogens is 320 g/mol. The average molecular weight is 341 g/mol. The molecule has 0 aliphatic heterocycles. The number of carbonyl (C=O) groups excluding carboxylic acids is 1. The van der Waals surface area contributed by atoms with E-state index < -0.39 is 29.9 Å². The lowest BCUT2D eigenvalue weighted by atomic mass is 9.74. The zero-order chi connectivity index (χ0) is 17.7. The van der Waals surface area contributed by atoms with Gasteiger partial charge in [-0.3, -0.25) is 9.59 Å². The second kappa shape index (κ2) is 7.59. The first kappa shape index (κ1) is 18.2. The van der Waals surface area contributed by atoms with Gasteiger partial charge in [0.2, 0.25) is 5.91 Å². The molecule has 1 aromatic rings. The molecule has 24 heavy (non-hydrogen) atoms. The van der Waals surface area contributed by atoms with E-state index >= 15 is 0 Å². The number of carboxylic acid groups (broad SMARTS) is 1. The number of carbonyl (C=O) groups is 2. The fraction of sp³-hybridized carbons (Fsp3) is 0.529. The molecule has 2 atom stereocenters. The third-order valence-corrected chi connectivity index (χ3v) is 4.47. The van der Waals surface area contributed by atoms with E-state index in [1.807, 2.05) is 0 Å². The Labute approximate surface area is 139 Å². The number of benzene rings is 1. The van der Waals surface area contributed by atoms with E-state index in [1.54, 1.807) is 19.1 Å². The molecule has 1 saturated carbocycles. The molecule has 1 aliphatic carbocycles. The summed E-state index contributed by atoms with van der Waals surface area (Å²) in [5.41, 5.74) is -0.499. The largest absolute Gasteiger partial charge is 0.481 e. The van der Waals surface area contributed by atoms with Crippen molar-refractivity contribution < 1.29 is 28.2 Å². The fourth-order valence-electron chi connectivity index (χ4n) is 3.28. The van der Waals surface area contributed by atoms with Gasteiger partial charge in [0.25, 0.3) is 0 Å². The van der Waals surface area contributed by atoms with Crippen LogP contribution in [-0.4, -0.2) is 29.1 Å². The Morgan fingerprint density at radius 3 is 2.75 bits per heavy atom. The molecule has 2 rings (SSSR count). The van der Waals surface area contributed by atoms with Crippen LogP contribution in [0.15, 0.2) is 24.3 Å². The van der Waals surface area contributed by atoms with Gasteiger partial charge in [0.05, 0.1) is 17.9 Å². The van der Waals surface area contributed by atoms with Crippen molar-refractivity contribution in [1.29, 1.82) is 0 Å². The minimum absolute atomic E-state index is 0.0498. The lowest BCUT2D eigenvalue weighted by molar-refractivity contribution is -0.146. The number of carboxylic acids is 1. The predicted octanol–water partition coefficient (Wildman–Crippen LogP) is 2.98. The van der Waals surface area contributed by atoms with E-state index in [0.29, 0.717) is 18.4 Å².